The summed E-state index contributed by atoms with van der Waals surface area (Å²) in [5, 5.41) is 8.82. The maximum absolute atomic E-state index is 10.7. The summed E-state index contributed by atoms with van der Waals surface area (Å²) < 4.78 is 0. The first kappa shape index (κ1) is 8.05. The molecule has 2 unspecified atom stereocenters. The average molecular weight is 169 g/mol. The number of carbonyl (C=O) groups is 1. The molecule has 2 rings (SSSR count). The molecule has 1 saturated carbocycles. The minimum Gasteiger partial charge on any atom is -0.481 e. The van der Waals surface area contributed by atoms with Crippen LogP contribution in [0.5, 0.6) is 0 Å². The van der Waals surface area contributed by atoms with E-state index in [1.54, 1.807) is 0 Å². The van der Waals surface area contributed by atoms with Gasteiger partial charge in [-0.15, -0.1) is 0 Å². The van der Waals surface area contributed by atoms with Crippen LogP contribution >= 0.6 is 0 Å². The van der Waals surface area contributed by atoms with Gasteiger partial charge in [-0.2, -0.15) is 0 Å². The fraction of sp³-hybridized carbons (Fsp3) is 0.889. The van der Waals surface area contributed by atoms with Gasteiger partial charge in [-0.05, 0) is 32.2 Å². The molecule has 2 atom stereocenters. The van der Waals surface area contributed by atoms with Crippen LogP contribution in [0.25, 0.3) is 0 Å². The van der Waals surface area contributed by atoms with Crippen molar-refractivity contribution >= 4 is 5.97 Å². The third-order valence-electron chi connectivity index (χ3n) is 3.12. The first-order valence-corrected chi connectivity index (χ1v) is 4.61. The van der Waals surface area contributed by atoms with E-state index in [2.05, 4.69) is 4.90 Å². The smallest absolute Gasteiger partial charge is 0.307 e. The first-order valence-electron chi connectivity index (χ1n) is 4.61. The number of rotatable bonds is 2. The SMILES string of the molecule is CN1CC(C(=O)O)CC1C1CC1. The molecular weight excluding hydrogens is 154 g/mol. The maximum atomic E-state index is 10.7. The normalized spacial score (nSPS) is 37.1. The number of aliphatic carboxylic acids is 1. The molecule has 0 aromatic rings. The van der Waals surface area contributed by atoms with Crippen LogP contribution in [0.15, 0.2) is 0 Å². The number of hydrogen-bond donors (Lipinski definition) is 1. The highest BCUT2D eigenvalue weighted by atomic mass is 16.4. The topological polar surface area (TPSA) is 40.5 Å². The van der Waals surface area contributed by atoms with Crippen LogP contribution in [-0.4, -0.2) is 35.6 Å². The molecule has 0 spiro atoms. The van der Waals surface area contributed by atoms with E-state index >= 15 is 0 Å². The molecule has 12 heavy (non-hydrogen) atoms. The molecule has 2 fully saturated rings. The van der Waals surface area contributed by atoms with Crippen molar-refractivity contribution in [3.63, 3.8) is 0 Å². The summed E-state index contributed by atoms with van der Waals surface area (Å²) in [5.74, 6) is 0.0740. The predicted molar refractivity (Wildman–Crippen MR) is 44.9 cm³/mol. The van der Waals surface area contributed by atoms with Gasteiger partial charge in [0.2, 0.25) is 0 Å². The molecule has 0 amide bonds. The largest absolute Gasteiger partial charge is 0.481 e. The third kappa shape index (κ3) is 1.33. The molecule has 1 saturated heterocycles. The number of hydrogen-bond acceptors (Lipinski definition) is 2. The molecule has 0 aromatic heterocycles. The van der Waals surface area contributed by atoms with Crippen molar-refractivity contribution in [1.82, 2.24) is 4.90 Å². The average Bonchev–Trinajstić information content (AvgIpc) is 2.75. The van der Waals surface area contributed by atoms with Crippen LogP contribution in [0.2, 0.25) is 0 Å². The molecule has 2 aliphatic rings. The van der Waals surface area contributed by atoms with Crippen molar-refractivity contribution in [3.05, 3.63) is 0 Å². The van der Waals surface area contributed by atoms with Crippen molar-refractivity contribution in [2.75, 3.05) is 13.6 Å². The Morgan fingerprint density at radius 3 is 2.58 bits per heavy atom. The quantitative estimate of drug-likeness (QED) is 0.664. The van der Waals surface area contributed by atoms with E-state index in [1.807, 2.05) is 7.05 Å². The second-order valence-electron chi connectivity index (χ2n) is 4.12. The van der Waals surface area contributed by atoms with Crippen LogP contribution in [-0.2, 0) is 4.79 Å². The highest BCUT2D eigenvalue weighted by molar-refractivity contribution is 5.70. The van der Waals surface area contributed by atoms with Crippen molar-refractivity contribution in [1.29, 1.82) is 0 Å². The van der Waals surface area contributed by atoms with Crippen LogP contribution in [0.3, 0.4) is 0 Å². The first-order chi connectivity index (χ1) is 5.68. The van der Waals surface area contributed by atoms with E-state index in [0.29, 0.717) is 6.04 Å². The molecule has 0 radical (unpaired) electrons. The van der Waals surface area contributed by atoms with Gasteiger partial charge < -0.3 is 10.0 Å². The Bertz CT molecular complexity index is 201. The lowest BCUT2D eigenvalue weighted by Gasteiger charge is -2.17. The molecular formula is C9H15NO2. The Kier molecular flexibility index (Phi) is 1.83. The Hall–Kier alpha value is -0.570. The molecule has 3 nitrogen and oxygen atoms in total. The fourth-order valence-electron chi connectivity index (χ4n) is 2.24. The van der Waals surface area contributed by atoms with Gasteiger partial charge in [0.1, 0.15) is 0 Å². The summed E-state index contributed by atoms with van der Waals surface area (Å²) in [6, 6.07) is 0.561. The Labute approximate surface area is 72.4 Å². The lowest BCUT2D eigenvalue weighted by molar-refractivity contribution is -0.141. The predicted octanol–water partition coefficient (Wildman–Crippen LogP) is 0.801. The van der Waals surface area contributed by atoms with E-state index in [4.69, 9.17) is 5.11 Å². The van der Waals surface area contributed by atoms with Gasteiger partial charge in [0, 0.05) is 12.6 Å². The van der Waals surface area contributed by atoms with Crippen LogP contribution in [0.1, 0.15) is 19.3 Å². The summed E-state index contributed by atoms with van der Waals surface area (Å²) in [7, 11) is 2.05. The van der Waals surface area contributed by atoms with Crippen molar-refractivity contribution in [3.8, 4) is 0 Å². The second kappa shape index (κ2) is 2.73. The zero-order valence-electron chi connectivity index (χ0n) is 7.36. The van der Waals surface area contributed by atoms with Gasteiger partial charge in [-0.3, -0.25) is 4.79 Å². The lowest BCUT2D eigenvalue weighted by atomic mass is 10.0. The van der Waals surface area contributed by atoms with E-state index < -0.39 is 5.97 Å². The van der Waals surface area contributed by atoms with E-state index in [9.17, 15) is 4.79 Å². The molecule has 3 heteroatoms. The van der Waals surface area contributed by atoms with Crippen LogP contribution in [0, 0.1) is 11.8 Å². The number of likely N-dealkylation sites (tertiary alicyclic amines) is 1. The molecule has 0 bridgehead atoms. The monoisotopic (exact) mass is 169 g/mol. The number of carboxylic acids is 1. The summed E-state index contributed by atoms with van der Waals surface area (Å²) in [6.07, 6.45) is 3.49. The van der Waals surface area contributed by atoms with Gasteiger partial charge in [0.15, 0.2) is 0 Å². The maximum Gasteiger partial charge on any atom is 0.307 e. The summed E-state index contributed by atoms with van der Waals surface area (Å²) in [6.45, 7) is 0.747. The van der Waals surface area contributed by atoms with Crippen LogP contribution in [0.4, 0.5) is 0 Å². The Morgan fingerprint density at radius 1 is 1.50 bits per heavy atom. The van der Waals surface area contributed by atoms with Gasteiger partial charge >= 0.3 is 5.97 Å². The fourth-order valence-corrected chi connectivity index (χ4v) is 2.24. The zero-order chi connectivity index (χ0) is 8.72. The van der Waals surface area contributed by atoms with E-state index in [1.165, 1.54) is 12.8 Å². The standard InChI is InChI=1S/C9H15NO2/c1-10-5-7(9(11)12)4-8(10)6-2-3-6/h6-8H,2-5H2,1H3,(H,11,12). The summed E-state index contributed by atoms with van der Waals surface area (Å²) >= 11 is 0. The van der Waals surface area contributed by atoms with E-state index in [-0.39, 0.29) is 5.92 Å². The molecule has 0 aromatic carbocycles. The highest BCUT2D eigenvalue weighted by Crippen LogP contribution is 2.40. The highest BCUT2D eigenvalue weighted by Gasteiger charge is 2.42. The molecule has 1 aliphatic heterocycles. The molecule has 1 N–H and O–H groups in total. The van der Waals surface area contributed by atoms with Crippen molar-refractivity contribution in [2.24, 2.45) is 11.8 Å². The molecule has 1 aliphatic carbocycles. The van der Waals surface area contributed by atoms with E-state index in [0.717, 1.165) is 18.9 Å². The van der Waals surface area contributed by atoms with Gasteiger partial charge in [-0.1, -0.05) is 0 Å². The third-order valence-corrected chi connectivity index (χ3v) is 3.12. The van der Waals surface area contributed by atoms with Gasteiger partial charge in [0.05, 0.1) is 5.92 Å². The van der Waals surface area contributed by atoms with Crippen molar-refractivity contribution < 1.29 is 9.90 Å². The van der Waals surface area contributed by atoms with Gasteiger partial charge in [-0.25, -0.2) is 0 Å². The zero-order valence-corrected chi connectivity index (χ0v) is 7.36. The lowest BCUT2D eigenvalue weighted by Crippen LogP contribution is -2.26. The summed E-state index contributed by atoms with van der Waals surface area (Å²) in [5.41, 5.74) is 0. The Balaban J connectivity index is 1.96. The van der Waals surface area contributed by atoms with Crippen LogP contribution < -0.4 is 0 Å². The number of nitrogens with zero attached hydrogens (tertiary/aromatic N) is 1. The number of carboxylic acid groups (broad SMARTS) is 1. The van der Waals surface area contributed by atoms with Gasteiger partial charge in [0.25, 0.3) is 0 Å². The summed E-state index contributed by atoms with van der Waals surface area (Å²) in [4.78, 5) is 12.9. The Morgan fingerprint density at radius 2 is 2.17 bits per heavy atom. The second-order valence-corrected chi connectivity index (χ2v) is 4.12. The minimum absolute atomic E-state index is 0.111. The van der Waals surface area contributed by atoms with Crippen molar-refractivity contribution in [2.45, 2.75) is 25.3 Å². The molecule has 68 valence electrons. The minimum atomic E-state index is -0.620. The molecule has 1 heterocycles.